The van der Waals surface area contributed by atoms with Crippen molar-refractivity contribution in [1.29, 1.82) is 0 Å². The largest absolute Gasteiger partial charge is 0.299 e. The number of piperidine rings is 1. The lowest BCUT2D eigenvalue weighted by Gasteiger charge is -2.42. The van der Waals surface area contributed by atoms with Crippen LogP contribution in [0.15, 0.2) is 60.7 Å². The Bertz CT molecular complexity index is 752. The predicted octanol–water partition coefficient (Wildman–Crippen LogP) is 2.73. The van der Waals surface area contributed by atoms with Gasteiger partial charge in [-0.1, -0.05) is 60.7 Å². The van der Waals surface area contributed by atoms with E-state index < -0.39 is 15.6 Å². The van der Waals surface area contributed by atoms with Crippen LogP contribution in [0.1, 0.15) is 24.0 Å². The maximum Gasteiger partial charge on any atom is 0.209 e. The summed E-state index contributed by atoms with van der Waals surface area (Å²) >= 11 is 0. The minimum Gasteiger partial charge on any atom is -0.299 e. The first-order chi connectivity index (χ1) is 11.5. The van der Waals surface area contributed by atoms with Gasteiger partial charge >= 0.3 is 0 Å². The molecule has 1 aliphatic rings. The van der Waals surface area contributed by atoms with Gasteiger partial charge in [0.15, 0.2) is 0 Å². The molecular weight excluding hydrogens is 320 g/mol. The van der Waals surface area contributed by atoms with E-state index in [1.807, 2.05) is 36.4 Å². The fraction of sp³-hybridized carbons (Fsp3) is 0.368. The molecule has 0 atom stereocenters. The second kappa shape index (κ2) is 7.05. The lowest BCUT2D eigenvalue weighted by molar-refractivity contribution is 0.145. The molecule has 2 aromatic rings. The zero-order chi connectivity index (χ0) is 17.0. The van der Waals surface area contributed by atoms with Crippen LogP contribution in [0.2, 0.25) is 0 Å². The molecule has 1 heterocycles. The minimum atomic E-state index is -3.28. The van der Waals surface area contributed by atoms with E-state index in [2.05, 4.69) is 33.9 Å². The molecule has 0 radical (unpaired) electrons. The van der Waals surface area contributed by atoms with Gasteiger partial charge in [0, 0.05) is 19.6 Å². The first-order valence-corrected chi connectivity index (χ1v) is 10.2. The van der Waals surface area contributed by atoms with E-state index in [9.17, 15) is 8.42 Å². The van der Waals surface area contributed by atoms with Crippen LogP contribution in [0.4, 0.5) is 0 Å². The van der Waals surface area contributed by atoms with Crippen molar-refractivity contribution in [3.63, 3.8) is 0 Å². The Morgan fingerprint density at radius 1 is 0.958 bits per heavy atom. The maximum atomic E-state index is 11.9. The molecule has 0 amide bonds. The minimum absolute atomic E-state index is 0.498. The summed E-state index contributed by atoms with van der Waals surface area (Å²) in [5.74, 6) is 0. The Morgan fingerprint density at radius 3 is 2.04 bits per heavy atom. The Hall–Kier alpha value is -1.69. The summed E-state index contributed by atoms with van der Waals surface area (Å²) in [4.78, 5) is 2.39. The van der Waals surface area contributed by atoms with Gasteiger partial charge in [-0.2, -0.15) is 0 Å². The molecule has 1 aliphatic heterocycles. The van der Waals surface area contributed by atoms with Crippen molar-refractivity contribution in [3.8, 4) is 0 Å². The van der Waals surface area contributed by atoms with Crippen molar-refractivity contribution in [3.05, 3.63) is 71.8 Å². The zero-order valence-corrected chi connectivity index (χ0v) is 14.8. The van der Waals surface area contributed by atoms with Crippen molar-refractivity contribution in [2.24, 2.45) is 0 Å². The third-order valence-electron chi connectivity index (χ3n) is 4.67. The fourth-order valence-corrected chi connectivity index (χ4v) is 4.53. The summed E-state index contributed by atoms with van der Waals surface area (Å²) in [6, 6.07) is 20.3. The molecule has 2 aromatic carbocycles. The Morgan fingerprint density at radius 2 is 1.50 bits per heavy atom. The highest BCUT2D eigenvalue weighted by atomic mass is 32.2. The summed E-state index contributed by atoms with van der Waals surface area (Å²) in [5, 5.41) is 0. The highest BCUT2D eigenvalue weighted by molar-refractivity contribution is 7.88. The van der Waals surface area contributed by atoms with E-state index in [0.29, 0.717) is 0 Å². The van der Waals surface area contributed by atoms with Gasteiger partial charge in [0.05, 0.1) is 11.8 Å². The van der Waals surface area contributed by atoms with Crippen LogP contribution in [0.3, 0.4) is 0 Å². The molecule has 0 saturated carbocycles. The van der Waals surface area contributed by atoms with Gasteiger partial charge in [-0.15, -0.1) is 0 Å². The van der Waals surface area contributed by atoms with Gasteiger partial charge in [0.1, 0.15) is 0 Å². The first kappa shape index (κ1) is 17.1. The molecular formula is C19H24N2O2S. The van der Waals surface area contributed by atoms with Crippen molar-refractivity contribution < 1.29 is 8.42 Å². The summed E-state index contributed by atoms with van der Waals surface area (Å²) in [6.45, 7) is 2.64. The Kier molecular flexibility index (Phi) is 5.04. The van der Waals surface area contributed by atoms with Crippen LogP contribution >= 0.6 is 0 Å². The highest BCUT2D eigenvalue weighted by Gasteiger charge is 2.38. The second-order valence-electron chi connectivity index (χ2n) is 6.58. The molecule has 128 valence electrons. The SMILES string of the molecule is CS(=O)(=O)NC1(c2ccccc2)CCN(Cc2ccccc2)CC1. The topological polar surface area (TPSA) is 49.4 Å². The fourth-order valence-electron chi connectivity index (χ4n) is 3.50. The lowest BCUT2D eigenvalue weighted by atomic mass is 9.82. The van der Waals surface area contributed by atoms with Crippen LogP contribution in [0.5, 0.6) is 0 Å². The van der Waals surface area contributed by atoms with E-state index in [1.165, 1.54) is 11.8 Å². The molecule has 1 N–H and O–H groups in total. The van der Waals surface area contributed by atoms with Crippen LogP contribution < -0.4 is 4.72 Å². The average molecular weight is 344 g/mol. The number of benzene rings is 2. The molecule has 0 unspecified atom stereocenters. The molecule has 24 heavy (non-hydrogen) atoms. The Balaban J connectivity index is 1.76. The van der Waals surface area contributed by atoms with Gasteiger partial charge < -0.3 is 0 Å². The quantitative estimate of drug-likeness (QED) is 0.907. The van der Waals surface area contributed by atoms with Crippen molar-refractivity contribution >= 4 is 10.0 Å². The molecule has 4 nitrogen and oxygen atoms in total. The molecule has 1 saturated heterocycles. The average Bonchev–Trinajstić information content (AvgIpc) is 2.57. The Labute approximate surface area is 144 Å². The van der Waals surface area contributed by atoms with Crippen molar-refractivity contribution in [1.82, 2.24) is 9.62 Å². The number of hydrogen-bond donors (Lipinski definition) is 1. The van der Waals surface area contributed by atoms with Gasteiger partial charge in [0.25, 0.3) is 0 Å². The number of nitrogens with zero attached hydrogens (tertiary/aromatic N) is 1. The third kappa shape index (κ3) is 4.23. The predicted molar refractivity (Wildman–Crippen MR) is 97.1 cm³/mol. The van der Waals surface area contributed by atoms with Crippen LogP contribution in [-0.4, -0.2) is 32.7 Å². The molecule has 5 heteroatoms. The van der Waals surface area contributed by atoms with E-state index in [-0.39, 0.29) is 0 Å². The monoisotopic (exact) mass is 344 g/mol. The molecule has 3 rings (SSSR count). The summed E-state index contributed by atoms with van der Waals surface area (Å²) < 4.78 is 26.8. The number of likely N-dealkylation sites (tertiary alicyclic amines) is 1. The standard InChI is InChI=1S/C19H24N2O2S/c1-24(22,23)20-19(18-10-6-3-7-11-18)12-14-21(15-13-19)16-17-8-4-2-5-9-17/h2-11,20H,12-16H2,1H3. The summed E-state index contributed by atoms with van der Waals surface area (Å²) in [7, 11) is -3.28. The van der Waals surface area contributed by atoms with Crippen LogP contribution in [-0.2, 0) is 22.1 Å². The van der Waals surface area contributed by atoms with Crippen molar-refractivity contribution in [2.45, 2.75) is 24.9 Å². The van der Waals surface area contributed by atoms with E-state index in [0.717, 1.165) is 38.0 Å². The van der Waals surface area contributed by atoms with Crippen LogP contribution in [0.25, 0.3) is 0 Å². The number of rotatable bonds is 5. The third-order valence-corrected chi connectivity index (χ3v) is 5.43. The van der Waals surface area contributed by atoms with Crippen LogP contribution in [0, 0.1) is 0 Å². The first-order valence-electron chi connectivity index (χ1n) is 8.28. The van der Waals surface area contributed by atoms with Gasteiger partial charge in [-0.3, -0.25) is 4.90 Å². The number of hydrogen-bond acceptors (Lipinski definition) is 3. The highest BCUT2D eigenvalue weighted by Crippen LogP contribution is 2.34. The molecule has 0 spiro atoms. The van der Waals surface area contributed by atoms with Gasteiger partial charge in [-0.05, 0) is 24.0 Å². The van der Waals surface area contributed by atoms with Gasteiger partial charge in [0.2, 0.25) is 10.0 Å². The smallest absolute Gasteiger partial charge is 0.209 e. The summed E-state index contributed by atoms with van der Waals surface area (Å²) in [5.41, 5.74) is 1.85. The summed E-state index contributed by atoms with van der Waals surface area (Å²) in [6.07, 6.45) is 2.79. The van der Waals surface area contributed by atoms with E-state index in [4.69, 9.17) is 0 Å². The molecule has 0 aliphatic carbocycles. The molecule has 1 fully saturated rings. The van der Waals surface area contributed by atoms with E-state index in [1.54, 1.807) is 0 Å². The van der Waals surface area contributed by atoms with Gasteiger partial charge in [-0.25, -0.2) is 13.1 Å². The number of sulfonamides is 1. The lowest BCUT2D eigenvalue weighted by Crippen LogP contribution is -2.52. The van der Waals surface area contributed by atoms with E-state index >= 15 is 0 Å². The normalized spacial score (nSPS) is 18.4. The molecule has 0 aromatic heterocycles. The zero-order valence-electron chi connectivity index (χ0n) is 14.0. The number of nitrogens with one attached hydrogen (secondary N) is 1. The van der Waals surface area contributed by atoms with Crippen molar-refractivity contribution in [2.75, 3.05) is 19.3 Å². The molecule has 0 bridgehead atoms. The second-order valence-corrected chi connectivity index (χ2v) is 8.33. The maximum absolute atomic E-state index is 11.9.